The van der Waals surface area contributed by atoms with E-state index in [1.165, 1.54) is 6.07 Å². The van der Waals surface area contributed by atoms with Crippen molar-refractivity contribution in [3.8, 4) is 0 Å². The molecule has 1 heterocycles. The van der Waals surface area contributed by atoms with Gasteiger partial charge in [0.05, 0.1) is 17.8 Å². The summed E-state index contributed by atoms with van der Waals surface area (Å²) in [6.45, 7) is 0.368. The maximum absolute atomic E-state index is 13.8. The molecule has 3 aromatic carbocycles. The van der Waals surface area contributed by atoms with E-state index in [1.807, 2.05) is 24.3 Å². The van der Waals surface area contributed by atoms with E-state index in [0.29, 0.717) is 34.1 Å². The summed E-state index contributed by atoms with van der Waals surface area (Å²) in [5.74, 6) is -1.23. The van der Waals surface area contributed by atoms with Gasteiger partial charge >= 0.3 is 0 Å². The first-order valence-corrected chi connectivity index (χ1v) is 10.8. The van der Waals surface area contributed by atoms with Gasteiger partial charge in [-0.15, -0.1) is 12.4 Å². The summed E-state index contributed by atoms with van der Waals surface area (Å²) < 4.78 is 13.8. The lowest BCUT2D eigenvalue weighted by Crippen LogP contribution is -2.33. The number of hydrogen-bond acceptors (Lipinski definition) is 4. The van der Waals surface area contributed by atoms with Gasteiger partial charge in [-0.05, 0) is 35.9 Å². The highest BCUT2D eigenvalue weighted by atomic mass is 35.5. The second-order valence-electron chi connectivity index (χ2n) is 7.65. The van der Waals surface area contributed by atoms with Gasteiger partial charge in [-0.1, -0.05) is 48.0 Å². The molecule has 34 heavy (non-hydrogen) atoms. The number of benzene rings is 3. The maximum Gasteiger partial charge on any atom is 0.249 e. The summed E-state index contributed by atoms with van der Waals surface area (Å²) in [4.78, 5) is 30.2. The van der Waals surface area contributed by atoms with Gasteiger partial charge in [0.1, 0.15) is 11.9 Å². The largest absolute Gasteiger partial charge is 0.352 e. The van der Waals surface area contributed by atoms with Crippen LogP contribution >= 0.6 is 24.0 Å². The van der Waals surface area contributed by atoms with Crippen LogP contribution in [0.4, 0.5) is 10.1 Å². The third-order valence-electron chi connectivity index (χ3n) is 5.33. The van der Waals surface area contributed by atoms with Crippen LogP contribution in [-0.4, -0.2) is 23.6 Å². The summed E-state index contributed by atoms with van der Waals surface area (Å²) in [5.41, 5.74) is 9.56. The predicted molar refractivity (Wildman–Crippen MR) is 134 cm³/mol. The lowest BCUT2D eigenvalue weighted by Gasteiger charge is -2.12. The van der Waals surface area contributed by atoms with Crippen LogP contribution in [0.1, 0.15) is 28.7 Å². The Hall–Kier alpha value is -3.26. The number of nitrogens with one attached hydrogen (secondary N) is 2. The number of nitrogens with zero attached hydrogens (tertiary/aromatic N) is 1. The molecule has 0 aromatic heterocycles. The predicted octanol–water partition coefficient (Wildman–Crippen LogP) is 4.22. The molecule has 0 radical (unpaired) electrons. The number of carbonyl (C=O) groups is 2. The van der Waals surface area contributed by atoms with Crippen LogP contribution in [0.15, 0.2) is 71.7 Å². The van der Waals surface area contributed by atoms with Gasteiger partial charge in [-0.3, -0.25) is 14.6 Å². The second-order valence-corrected chi connectivity index (χ2v) is 8.09. The van der Waals surface area contributed by atoms with Gasteiger partial charge in [0.25, 0.3) is 0 Å². The van der Waals surface area contributed by atoms with Crippen LogP contribution in [0.25, 0.3) is 0 Å². The molecule has 176 valence electrons. The molecule has 1 aliphatic rings. The van der Waals surface area contributed by atoms with Crippen molar-refractivity contribution in [1.82, 2.24) is 5.32 Å². The first kappa shape index (κ1) is 25.4. The first-order valence-electron chi connectivity index (χ1n) is 10.4. The zero-order valence-corrected chi connectivity index (χ0v) is 19.6. The van der Waals surface area contributed by atoms with Crippen LogP contribution in [0.5, 0.6) is 0 Å². The van der Waals surface area contributed by atoms with E-state index in [2.05, 4.69) is 15.6 Å². The number of fused-ring (bicyclic) bond motifs is 1. The minimum atomic E-state index is -0.978. The Morgan fingerprint density at radius 1 is 1.12 bits per heavy atom. The SMILES string of the molecule is Cl.NCc1cccc(C2=NC(CC(=O)NCc3ccccc3F)C(=O)Nc3ccc(Cl)cc32)c1. The van der Waals surface area contributed by atoms with Gasteiger partial charge in [0.2, 0.25) is 11.8 Å². The fourth-order valence-corrected chi connectivity index (χ4v) is 3.79. The molecule has 1 atom stereocenters. The van der Waals surface area contributed by atoms with E-state index in [9.17, 15) is 14.0 Å². The third kappa shape index (κ3) is 5.80. The maximum atomic E-state index is 13.8. The standard InChI is InChI=1S/C25H22ClFN4O2.ClH/c26-18-8-9-21-19(11-18)24(16-6-3-4-15(10-16)13-28)30-22(25(33)31-21)12-23(32)29-14-17-5-1-2-7-20(17)27;/h1-11,22H,12-14,28H2,(H,29,32)(H,31,33);1H. The fourth-order valence-electron chi connectivity index (χ4n) is 3.62. The Morgan fingerprint density at radius 2 is 1.91 bits per heavy atom. The van der Waals surface area contributed by atoms with Crippen LogP contribution in [0, 0.1) is 5.82 Å². The average molecular weight is 501 g/mol. The Bertz CT molecular complexity index is 1250. The van der Waals surface area contributed by atoms with E-state index in [0.717, 1.165) is 11.1 Å². The van der Waals surface area contributed by atoms with Gasteiger partial charge < -0.3 is 16.4 Å². The van der Waals surface area contributed by atoms with E-state index in [-0.39, 0.29) is 25.4 Å². The summed E-state index contributed by atoms with van der Waals surface area (Å²) >= 11 is 6.23. The van der Waals surface area contributed by atoms with Crippen molar-refractivity contribution in [2.75, 3.05) is 5.32 Å². The topological polar surface area (TPSA) is 96.6 Å². The van der Waals surface area contributed by atoms with Crippen molar-refractivity contribution >= 4 is 47.2 Å². The molecule has 4 rings (SSSR count). The highest BCUT2D eigenvalue weighted by Gasteiger charge is 2.28. The first-order chi connectivity index (χ1) is 15.9. The molecule has 0 bridgehead atoms. The third-order valence-corrected chi connectivity index (χ3v) is 5.57. The van der Waals surface area contributed by atoms with Gasteiger partial charge in [0.15, 0.2) is 0 Å². The monoisotopic (exact) mass is 500 g/mol. The number of anilines is 1. The number of amides is 2. The van der Waals surface area contributed by atoms with Crippen molar-refractivity contribution < 1.29 is 14.0 Å². The molecule has 1 unspecified atom stereocenters. The normalized spacial score (nSPS) is 14.7. The summed E-state index contributed by atoms with van der Waals surface area (Å²) in [6, 6.07) is 17.9. The number of aliphatic imine (C=N–C) groups is 1. The van der Waals surface area contributed by atoms with Crippen molar-refractivity contribution in [2.45, 2.75) is 25.6 Å². The molecule has 1 aliphatic heterocycles. The zero-order chi connectivity index (χ0) is 23.4. The minimum Gasteiger partial charge on any atom is -0.352 e. The Kier molecular flexibility index (Phi) is 8.39. The second kappa shape index (κ2) is 11.2. The van der Waals surface area contributed by atoms with Crippen molar-refractivity contribution in [2.24, 2.45) is 10.7 Å². The smallest absolute Gasteiger partial charge is 0.249 e. The average Bonchev–Trinajstić information content (AvgIpc) is 2.95. The molecule has 0 spiro atoms. The molecule has 0 fully saturated rings. The van der Waals surface area contributed by atoms with Crippen molar-refractivity contribution in [3.63, 3.8) is 0 Å². The van der Waals surface area contributed by atoms with Crippen LogP contribution < -0.4 is 16.4 Å². The Labute approximate surface area is 207 Å². The summed E-state index contributed by atoms with van der Waals surface area (Å²) in [7, 11) is 0. The highest BCUT2D eigenvalue weighted by molar-refractivity contribution is 6.32. The number of nitrogens with two attached hydrogens (primary N) is 1. The molecule has 6 nitrogen and oxygen atoms in total. The zero-order valence-electron chi connectivity index (χ0n) is 18.1. The summed E-state index contributed by atoms with van der Waals surface area (Å²) in [5, 5.41) is 6.00. The molecule has 0 saturated carbocycles. The van der Waals surface area contributed by atoms with Crippen LogP contribution in [-0.2, 0) is 22.7 Å². The number of benzodiazepines with no additional fused rings is 1. The van der Waals surface area contributed by atoms with E-state index >= 15 is 0 Å². The van der Waals surface area contributed by atoms with Gasteiger partial charge in [-0.25, -0.2) is 4.39 Å². The lowest BCUT2D eigenvalue weighted by atomic mass is 9.99. The summed E-state index contributed by atoms with van der Waals surface area (Å²) in [6.07, 6.45) is -0.192. The van der Waals surface area contributed by atoms with Crippen molar-refractivity contribution in [3.05, 3.63) is 99.8 Å². The van der Waals surface area contributed by atoms with Crippen LogP contribution in [0.3, 0.4) is 0 Å². The Balaban J connectivity index is 0.00000324. The lowest BCUT2D eigenvalue weighted by molar-refractivity contribution is -0.125. The van der Waals surface area contributed by atoms with E-state index < -0.39 is 23.7 Å². The van der Waals surface area contributed by atoms with Crippen LogP contribution in [0.2, 0.25) is 5.02 Å². The number of rotatable bonds is 6. The molecule has 2 amide bonds. The number of hydrogen-bond donors (Lipinski definition) is 3. The molecule has 4 N–H and O–H groups in total. The molecule has 0 aliphatic carbocycles. The van der Waals surface area contributed by atoms with E-state index in [1.54, 1.807) is 36.4 Å². The number of carbonyl (C=O) groups excluding carboxylic acids is 2. The molecule has 3 aromatic rings. The molecule has 0 saturated heterocycles. The molecule has 9 heteroatoms. The van der Waals surface area contributed by atoms with Gasteiger partial charge in [-0.2, -0.15) is 0 Å². The minimum absolute atomic E-state index is 0. The Morgan fingerprint density at radius 3 is 2.68 bits per heavy atom. The fraction of sp³-hybridized carbons (Fsp3) is 0.160. The molecular weight excluding hydrogens is 478 g/mol. The van der Waals surface area contributed by atoms with Gasteiger partial charge in [0, 0.05) is 34.8 Å². The number of halogens is 3. The molecular formula is C25H23Cl2FN4O2. The highest BCUT2D eigenvalue weighted by Crippen LogP contribution is 2.28. The van der Waals surface area contributed by atoms with Crippen molar-refractivity contribution in [1.29, 1.82) is 0 Å². The van der Waals surface area contributed by atoms with E-state index in [4.69, 9.17) is 17.3 Å². The quantitative estimate of drug-likeness (QED) is 0.472.